The van der Waals surface area contributed by atoms with Crippen LogP contribution in [0.3, 0.4) is 0 Å². The molecule has 0 fully saturated rings. The maximum Gasteiger partial charge on any atom is 0.244 e. The Morgan fingerprint density at radius 2 is 2.16 bits per heavy atom. The van der Waals surface area contributed by atoms with Gasteiger partial charge in [0.05, 0.1) is 5.69 Å². The van der Waals surface area contributed by atoms with E-state index in [1.807, 2.05) is 24.3 Å². The highest BCUT2D eigenvalue weighted by atomic mass is 16.1. The van der Waals surface area contributed by atoms with Crippen LogP contribution < -0.4 is 5.32 Å². The maximum atomic E-state index is 11.4. The molecule has 6 heteroatoms. The first-order valence-electron chi connectivity index (χ1n) is 5.70. The van der Waals surface area contributed by atoms with Crippen molar-refractivity contribution in [2.24, 2.45) is 0 Å². The minimum Gasteiger partial charge on any atom is -0.349 e. The van der Waals surface area contributed by atoms with E-state index in [2.05, 4.69) is 27.4 Å². The molecule has 1 aromatic heterocycles. The Hall–Kier alpha value is -2.76. The number of carbonyl (C=O) groups excluding carboxylic acids is 1. The number of aromatic nitrogens is 4. The van der Waals surface area contributed by atoms with Gasteiger partial charge in [0.25, 0.3) is 0 Å². The first-order chi connectivity index (χ1) is 9.29. The Labute approximate surface area is 110 Å². The summed E-state index contributed by atoms with van der Waals surface area (Å²) in [5.41, 5.74) is 1.78. The van der Waals surface area contributed by atoms with Crippen molar-refractivity contribution in [2.45, 2.75) is 0 Å². The lowest BCUT2D eigenvalue weighted by Crippen LogP contribution is -2.20. The average Bonchev–Trinajstić information content (AvgIpc) is 2.97. The van der Waals surface area contributed by atoms with Crippen LogP contribution in [0.1, 0.15) is 5.56 Å². The third kappa shape index (κ3) is 3.60. The summed E-state index contributed by atoms with van der Waals surface area (Å²) in [6, 6.07) is 7.51. The minimum atomic E-state index is -0.149. The fraction of sp³-hybridized carbons (Fsp3) is 0.0769. The number of benzene rings is 1. The Morgan fingerprint density at radius 1 is 1.37 bits per heavy atom. The highest BCUT2D eigenvalue weighted by Crippen LogP contribution is 2.08. The molecule has 2 rings (SSSR count). The molecule has 1 N–H and O–H groups in total. The van der Waals surface area contributed by atoms with Crippen LogP contribution in [0, 0.1) is 0 Å². The second-order valence-corrected chi connectivity index (χ2v) is 3.71. The summed E-state index contributed by atoms with van der Waals surface area (Å²) in [6.45, 7) is 3.99. The molecule has 0 radical (unpaired) electrons. The summed E-state index contributed by atoms with van der Waals surface area (Å²) in [6.07, 6.45) is 6.37. The van der Waals surface area contributed by atoms with Crippen LogP contribution in [0.25, 0.3) is 11.8 Å². The predicted molar refractivity (Wildman–Crippen MR) is 71.4 cm³/mol. The molecule has 96 valence electrons. The average molecular weight is 255 g/mol. The van der Waals surface area contributed by atoms with Crippen molar-refractivity contribution in [3.63, 3.8) is 0 Å². The summed E-state index contributed by atoms with van der Waals surface area (Å²) < 4.78 is 1.56. The van der Waals surface area contributed by atoms with Crippen LogP contribution in [0.5, 0.6) is 0 Å². The molecule has 1 aromatic carbocycles. The second kappa shape index (κ2) is 6.25. The molecule has 2 aromatic rings. The minimum absolute atomic E-state index is 0.149. The molecule has 0 aliphatic heterocycles. The van der Waals surface area contributed by atoms with E-state index >= 15 is 0 Å². The molecule has 6 nitrogen and oxygen atoms in total. The van der Waals surface area contributed by atoms with Gasteiger partial charge in [0.2, 0.25) is 5.91 Å². The molecular formula is C13H13N5O. The van der Waals surface area contributed by atoms with E-state index in [-0.39, 0.29) is 5.91 Å². The molecule has 1 amide bonds. The number of amides is 1. The summed E-state index contributed by atoms with van der Waals surface area (Å²) in [4.78, 5) is 11.4. The van der Waals surface area contributed by atoms with Gasteiger partial charge in [-0.15, -0.1) is 11.7 Å². The van der Waals surface area contributed by atoms with Crippen molar-refractivity contribution in [2.75, 3.05) is 6.54 Å². The van der Waals surface area contributed by atoms with Gasteiger partial charge in [0, 0.05) is 12.6 Å². The summed E-state index contributed by atoms with van der Waals surface area (Å²) in [7, 11) is 0. The van der Waals surface area contributed by atoms with E-state index in [9.17, 15) is 4.79 Å². The highest BCUT2D eigenvalue weighted by molar-refractivity contribution is 5.91. The molecule has 0 aliphatic rings. The lowest BCUT2D eigenvalue weighted by molar-refractivity contribution is -0.116. The normalized spacial score (nSPS) is 10.5. The Bertz CT molecular complexity index is 572. The third-order valence-corrected chi connectivity index (χ3v) is 2.35. The van der Waals surface area contributed by atoms with Crippen LogP contribution in [-0.2, 0) is 4.79 Å². The van der Waals surface area contributed by atoms with Crippen molar-refractivity contribution in [1.82, 2.24) is 25.5 Å². The zero-order chi connectivity index (χ0) is 13.5. The molecule has 0 unspecified atom stereocenters. The van der Waals surface area contributed by atoms with Crippen molar-refractivity contribution in [1.29, 1.82) is 0 Å². The molecule has 0 bridgehead atoms. The second-order valence-electron chi connectivity index (χ2n) is 3.71. The first kappa shape index (κ1) is 12.7. The Kier molecular flexibility index (Phi) is 4.17. The summed E-state index contributed by atoms with van der Waals surface area (Å²) >= 11 is 0. The quantitative estimate of drug-likeness (QED) is 0.638. The summed E-state index contributed by atoms with van der Waals surface area (Å²) in [5.74, 6) is -0.149. The molecule has 0 saturated carbocycles. The lowest BCUT2D eigenvalue weighted by atomic mass is 10.2. The van der Waals surface area contributed by atoms with Gasteiger partial charge in [-0.05, 0) is 34.2 Å². The van der Waals surface area contributed by atoms with Gasteiger partial charge in [-0.3, -0.25) is 4.79 Å². The van der Waals surface area contributed by atoms with Crippen LogP contribution in [0.15, 0.2) is 49.3 Å². The number of tetrazole rings is 1. The SMILES string of the molecule is C=CCNC(=O)/C=C/c1ccc(-n2cnnn2)cc1. The zero-order valence-corrected chi connectivity index (χ0v) is 10.2. The fourth-order valence-electron chi connectivity index (χ4n) is 1.42. The van der Waals surface area contributed by atoms with Gasteiger partial charge < -0.3 is 5.32 Å². The molecule has 0 spiro atoms. The topological polar surface area (TPSA) is 72.7 Å². The number of hydrogen-bond acceptors (Lipinski definition) is 4. The lowest BCUT2D eigenvalue weighted by Gasteiger charge is -1.99. The number of rotatable bonds is 5. The van der Waals surface area contributed by atoms with Crippen LogP contribution in [0.2, 0.25) is 0 Å². The van der Waals surface area contributed by atoms with Gasteiger partial charge in [-0.25, -0.2) is 4.68 Å². The highest BCUT2D eigenvalue weighted by Gasteiger charge is 1.97. The number of carbonyl (C=O) groups is 1. The first-order valence-corrected chi connectivity index (χ1v) is 5.70. The molecule has 0 atom stereocenters. The molecule has 0 saturated heterocycles. The summed E-state index contributed by atoms with van der Waals surface area (Å²) in [5, 5.41) is 13.6. The van der Waals surface area contributed by atoms with Gasteiger partial charge >= 0.3 is 0 Å². The van der Waals surface area contributed by atoms with E-state index < -0.39 is 0 Å². The monoisotopic (exact) mass is 255 g/mol. The van der Waals surface area contributed by atoms with Gasteiger partial charge in [-0.2, -0.15) is 0 Å². The Morgan fingerprint density at radius 3 is 2.79 bits per heavy atom. The van der Waals surface area contributed by atoms with E-state index in [0.717, 1.165) is 11.3 Å². The molecular weight excluding hydrogens is 242 g/mol. The molecule has 0 aliphatic carbocycles. The number of nitrogens with zero attached hydrogens (tertiary/aromatic N) is 4. The van der Waals surface area contributed by atoms with Crippen LogP contribution in [-0.4, -0.2) is 32.7 Å². The standard InChI is InChI=1S/C13H13N5O/c1-2-9-14-13(19)8-5-11-3-6-12(7-4-11)18-10-15-16-17-18/h2-8,10H,1,9H2,(H,14,19)/b8-5+. The van der Waals surface area contributed by atoms with Crippen molar-refractivity contribution < 1.29 is 4.79 Å². The van der Waals surface area contributed by atoms with E-state index in [0.29, 0.717) is 6.54 Å². The van der Waals surface area contributed by atoms with Crippen molar-refractivity contribution in [3.05, 3.63) is 54.9 Å². The largest absolute Gasteiger partial charge is 0.349 e. The van der Waals surface area contributed by atoms with E-state index in [4.69, 9.17) is 0 Å². The van der Waals surface area contributed by atoms with Gasteiger partial charge in [0.15, 0.2) is 0 Å². The van der Waals surface area contributed by atoms with Crippen LogP contribution >= 0.6 is 0 Å². The smallest absolute Gasteiger partial charge is 0.244 e. The van der Waals surface area contributed by atoms with E-state index in [1.165, 1.54) is 12.4 Å². The fourth-order valence-corrected chi connectivity index (χ4v) is 1.42. The maximum absolute atomic E-state index is 11.4. The van der Waals surface area contributed by atoms with Crippen molar-refractivity contribution >= 4 is 12.0 Å². The molecule has 19 heavy (non-hydrogen) atoms. The number of hydrogen-bond donors (Lipinski definition) is 1. The van der Waals surface area contributed by atoms with Gasteiger partial charge in [0.1, 0.15) is 6.33 Å². The predicted octanol–water partition coefficient (Wildman–Crippen LogP) is 0.978. The number of nitrogens with one attached hydrogen (secondary N) is 1. The third-order valence-electron chi connectivity index (χ3n) is 2.35. The van der Waals surface area contributed by atoms with Gasteiger partial charge in [-0.1, -0.05) is 18.2 Å². The Balaban J connectivity index is 2.01. The zero-order valence-electron chi connectivity index (χ0n) is 10.2. The van der Waals surface area contributed by atoms with Crippen LogP contribution in [0.4, 0.5) is 0 Å². The molecule has 1 heterocycles. The van der Waals surface area contributed by atoms with E-state index in [1.54, 1.807) is 16.8 Å². The van der Waals surface area contributed by atoms with Crippen molar-refractivity contribution in [3.8, 4) is 5.69 Å².